The number of nitrogens with one attached hydrogen (secondary N) is 2. The molecule has 0 aliphatic rings. The Labute approximate surface area is 206 Å². The molecule has 1 unspecified atom stereocenters. The van der Waals surface area contributed by atoms with E-state index in [1.807, 2.05) is 67.5 Å². The molecule has 0 bridgehead atoms. The third kappa shape index (κ3) is 7.19. The van der Waals surface area contributed by atoms with E-state index >= 15 is 0 Å². The van der Waals surface area contributed by atoms with Crippen LogP contribution in [0.3, 0.4) is 0 Å². The third-order valence-corrected chi connectivity index (χ3v) is 5.53. The van der Waals surface area contributed by atoms with Crippen molar-refractivity contribution in [2.75, 3.05) is 40.2 Å². The van der Waals surface area contributed by atoms with Crippen LogP contribution in [-0.2, 0) is 4.79 Å². The Hall–Kier alpha value is -4.10. The fourth-order valence-electron chi connectivity index (χ4n) is 3.58. The van der Waals surface area contributed by atoms with E-state index in [9.17, 15) is 9.59 Å². The van der Waals surface area contributed by atoms with Gasteiger partial charge in [0.2, 0.25) is 5.91 Å². The van der Waals surface area contributed by atoms with Gasteiger partial charge in [-0.3, -0.25) is 9.59 Å². The number of para-hydroxylation sites is 1. The van der Waals surface area contributed by atoms with Gasteiger partial charge in [0.25, 0.3) is 5.91 Å². The van der Waals surface area contributed by atoms with E-state index in [0.717, 1.165) is 22.6 Å². The second-order valence-corrected chi connectivity index (χ2v) is 8.11. The minimum atomic E-state index is -0.330. The number of carbonyl (C=O) groups excluding carboxylic acids is 2. The van der Waals surface area contributed by atoms with Crippen LogP contribution in [0.5, 0.6) is 11.5 Å². The Morgan fingerprint density at radius 2 is 1.63 bits per heavy atom. The molecule has 1 atom stereocenters. The maximum absolute atomic E-state index is 13.0. The van der Waals surface area contributed by atoms with Gasteiger partial charge in [-0.2, -0.15) is 0 Å². The molecule has 7 nitrogen and oxygen atoms in total. The molecular weight excluding hydrogens is 442 g/mol. The molecule has 182 valence electrons. The van der Waals surface area contributed by atoms with Crippen molar-refractivity contribution in [2.24, 2.45) is 0 Å². The Balaban J connectivity index is 1.67. The van der Waals surface area contributed by atoms with Gasteiger partial charge in [0.1, 0.15) is 11.5 Å². The number of rotatable bonds is 10. The van der Waals surface area contributed by atoms with Gasteiger partial charge in [0, 0.05) is 12.6 Å². The van der Waals surface area contributed by atoms with E-state index in [-0.39, 0.29) is 17.9 Å². The van der Waals surface area contributed by atoms with Crippen LogP contribution in [-0.4, -0.2) is 51.6 Å². The van der Waals surface area contributed by atoms with E-state index in [0.29, 0.717) is 17.8 Å². The van der Waals surface area contributed by atoms with Crippen LogP contribution < -0.4 is 20.1 Å². The number of methoxy groups -OCH3 is 2. The van der Waals surface area contributed by atoms with Crippen LogP contribution in [0.1, 0.15) is 27.5 Å². The van der Waals surface area contributed by atoms with Gasteiger partial charge in [-0.15, -0.1) is 0 Å². The molecule has 3 rings (SSSR count). The van der Waals surface area contributed by atoms with Crippen LogP contribution in [0.15, 0.2) is 78.9 Å². The molecule has 2 amide bonds. The second-order valence-electron chi connectivity index (χ2n) is 8.11. The molecule has 0 saturated heterocycles. The number of hydrogen-bond donors (Lipinski definition) is 2. The number of likely N-dealkylation sites (N-methyl/N-ethyl adjacent to an activating group) is 1. The summed E-state index contributed by atoms with van der Waals surface area (Å²) >= 11 is 0. The summed E-state index contributed by atoms with van der Waals surface area (Å²) in [5, 5.41) is 5.80. The predicted molar refractivity (Wildman–Crippen MR) is 139 cm³/mol. The predicted octanol–water partition coefficient (Wildman–Crippen LogP) is 4.39. The van der Waals surface area contributed by atoms with Crippen LogP contribution in [0.2, 0.25) is 0 Å². The van der Waals surface area contributed by atoms with Gasteiger partial charge in [0.05, 0.1) is 31.5 Å². The summed E-state index contributed by atoms with van der Waals surface area (Å²) in [5.74, 6) is 0.907. The molecule has 0 aliphatic carbocycles. The Morgan fingerprint density at radius 1 is 0.914 bits per heavy atom. The molecule has 3 aromatic carbocycles. The molecule has 0 aromatic heterocycles. The fraction of sp³-hybridized carbons (Fsp3) is 0.214. The van der Waals surface area contributed by atoms with E-state index < -0.39 is 0 Å². The monoisotopic (exact) mass is 473 g/mol. The van der Waals surface area contributed by atoms with Gasteiger partial charge >= 0.3 is 0 Å². The molecule has 0 saturated carbocycles. The molecule has 0 spiro atoms. The summed E-state index contributed by atoms with van der Waals surface area (Å²) in [5.41, 5.74) is 2.72. The summed E-state index contributed by atoms with van der Waals surface area (Å²) in [7, 11) is 7.15. The molecule has 35 heavy (non-hydrogen) atoms. The van der Waals surface area contributed by atoms with Crippen molar-refractivity contribution in [3.8, 4) is 11.5 Å². The van der Waals surface area contributed by atoms with Crippen molar-refractivity contribution in [1.82, 2.24) is 10.2 Å². The largest absolute Gasteiger partial charge is 0.497 e. The summed E-state index contributed by atoms with van der Waals surface area (Å²) < 4.78 is 10.5. The summed E-state index contributed by atoms with van der Waals surface area (Å²) in [6.45, 7) is 0.388. The average molecular weight is 474 g/mol. The molecule has 0 heterocycles. The van der Waals surface area contributed by atoms with E-state index in [2.05, 4.69) is 10.6 Å². The van der Waals surface area contributed by atoms with Gasteiger partial charge < -0.3 is 25.0 Å². The highest BCUT2D eigenvalue weighted by Crippen LogP contribution is 2.23. The lowest BCUT2D eigenvalue weighted by Gasteiger charge is -2.25. The molecule has 3 aromatic rings. The van der Waals surface area contributed by atoms with Gasteiger partial charge in [0.15, 0.2) is 0 Å². The first-order valence-electron chi connectivity index (χ1n) is 11.2. The normalized spacial score (nSPS) is 11.8. The van der Waals surface area contributed by atoms with Crippen LogP contribution >= 0.6 is 0 Å². The first kappa shape index (κ1) is 25.5. The number of ether oxygens (including phenoxy) is 2. The molecule has 0 radical (unpaired) electrons. The second kappa shape index (κ2) is 12.4. The van der Waals surface area contributed by atoms with E-state index in [1.54, 1.807) is 44.6 Å². The molecular formula is C28H31N3O4. The molecule has 0 aliphatic heterocycles. The number of amides is 2. The quantitative estimate of drug-likeness (QED) is 0.427. The molecule has 7 heteroatoms. The number of benzene rings is 3. The Morgan fingerprint density at radius 3 is 2.31 bits per heavy atom. The Kier molecular flexibility index (Phi) is 9.03. The van der Waals surface area contributed by atoms with Crippen molar-refractivity contribution in [3.63, 3.8) is 0 Å². The van der Waals surface area contributed by atoms with Crippen molar-refractivity contribution < 1.29 is 19.1 Å². The lowest BCUT2D eigenvalue weighted by atomic mass is 10.1. The van der Waals surface area contributed by atoms with Gasteiger partial charge in [-0.1, -0.05) is 36.4 Å². The minimum absolute atomic E-state index is 0.0526. The summed E-state index contributed by atoms with van der Waals surface area (Å²) in [4.78, 5) is 27.6. The molecule has 0 fully saturated rings. The van der Waals surface area contributed by atoms with Gasteiger partial charge in [-0.05, 0) is 67.7 Å². The van der Waals surface area contributed by atoms with Crippen LogP contribution in [0, 0.1) is 0 Å². The summed E-state index contributed by atoms with van der Waals surface area (Å²) in [6.07, 6.45) is 3.13. The lowest BCUT2D eigenvalue weighted by Crippen LogP contribution is -2.35. The topological polar surface area (TPSA) is 79.9 Å². The van der Waals surface area contributed by atoms with Gasteiger partial charge in [-0.25, -0.2) is 0 Å². The zero-order valence-electron chi connectivity index (χ0n) is 20.4. The SMILES string of the molecule is COc1ccc(/C=C/C(=O)Nc2ccccc2C(=O)NCC(c2cccc(OC)c2)N(C)C)cc1. The number of nitrogens with zero attached hydrogens (tertiary/aromatic N) is 1. The maximum atomic E-state index is 13.0. The van der Waals surface area contributed by atoms with E-state index in [1.165, 1.54) is 6.08 Å². The standard InChI is InChI=1S/C28H31N3O4/c1-31(2)26(21-8-7-9-23(18-21)35-4)19-29-28(33)24-10-5-6-11-25(24)30-27(32)17-14-20-12-15-22(34-3)16-13-20/h5-18,26H,19H2,1-4H3,(H,29,33)(H,30,32)/b17-14+. The van der Waals surface area contributed by atoms with Crippen molar-refractivity contribution in [1.29, 1.82) is 0 Å². The van der Waals surface area contributed by atoms with Crippen LogP contribution in [0.25, 0.3) is 6.08 Å². The zero-order chi connectivity index (χ0) is 25.2. The Bertz CT molecular complexity index is 1170. The highest BCUT2D eigenvalue weighted by molar-refractivity contribution is 6.07. The zero-order valence-corrected chi connectivity index (χ0v) is 20.4. The fourth-order valence-corrected chi connectivity index (χ4v) is 3.58. The van der Waals surface area contributed by atoms with E-state index in [4.69, 9.17) is 9.47 Å². The van der Waals surface area contributed by atoms with Crippen molar-refractivity contribution in [2.45, 2.75) is 6.04 Å². The first-order valence-corrected chi connectivity index (χ1v) is 11.2. The number of anilines is 1. The van der Waals surface area contributed by atoms with Crippen LogP contribution in [0.4, 0.5) is 5.69 Å². The first-order chi connectivity index (χ1) is 16.9. The third-order valence-electron chi connectivity index (χ3n) is 5.53. The highest BCUT2D eigenvalue weighted by atomic mass is 16.5. The highest BCUT2D eigenvalue weighted by Gasteiger charge is 2.18. The number of carbonyl (C=O) groups is 2. The maximum Gasteiger partial charge on any atom is 0.253 e. The number of hydrogen-bond acceptors (Lipinski definition) is 5. The molecule has 2 N–H and O–H groups in total. The summed E-state index contributed by atoms with van der Waals surface area (Å²) in [6, 6.07) is 22.0. The van der Waals surface area contributed by atoms with Crippen molar-refractivity contribution >= 4 is 23.6 Å². The minimum Gasteiger partial charge on any atom is -0.497 e. The lowest BCUT2D eigenvalue weighted by molar-refractivity contribution is -0.111. The smallest absolute Gasteiger partial charge is 0.253 e. The van der Waals surface area contributed by atoms with Crippen molar-refractivity contribution in [3.05, 3.63) is 95.6 Å². The average Bonchev–Trinajstić information content (AvgIpc) is 2.88.